The summed E-state index contributed by atoms with van der Waals surface area (Å²) in [4.78, 5) is 22.3. The Kier molecular flexibility index (Phi) is 13.0. The van der Waals surface area contributed by atoms with E-state index in [0.29, 0.717) is 37.9 Å². The first-order chi connectivity index (χ1) is 15.2. The van der Waals surface area contributed by atoms with Crippen LogP contribution in [0.15, 0.2) is 24.3 Å². The molecule has 8 nitrogen and oxygen atoms in total. The molecule has 0 radical (unpaired) electrons. The summed E-state index contributed by atoms with van der Waals surface area (Å²) < 4.78 is 54.9. The van der Waals surface area contributed by atoms with E-state index in [1.165, 1.54) is 32.2 Å². The maximum atomic E-state index is 13.2. The molecule has 10 heteroatoms. The van der Waals surface area contributed by atoms with Crippen molar-refractivity contribution in [3.8, 4) is 17.6 Å². The van der Waals surface area contributed by atoms with Gasteiger partial charge in [0.2, 0.25) is 10.0 Å². The van der Waals surface area contributed by atoms with Crippen molar-refractivity contribution >= 4 is 22.0 Å². The van der Waals surface area contributed by atoms with Crippen molar-refractivity contribution in [1.29, 1.82) is 0 Å². The molecule has 0 fully saturated rings. The standard InChI is InChI=1S/C22H30FNO7S/c1-18(25)31-21(17-30-20-12-9-10-19(23)16-20)11-6-8-15-32(27,28)24-14-7-4-3-5-13-22(26)29-2/h9-10,12,16,21,24H,3,5-6,8,11,13-15,17H2,1-2H3. The lowest BCUT2D eigenvalue weighted by atomic mass is 10.2. The highest BCUT2D eigenvalue weighted by molar-refractivity contribution is 7.89. The summed E-state index contributed by atoms with van der Waals surface area (Å²) in [7, 11) is -2.16. The van der Waals surface area contributed by atoms with E-state index in [2.05, 4.69) is 21.3 Å². The van der Waals surface area contributed by atoms with Crippen LogP contribution < -0.4 is 9.46 Å². The van der Waals surface area contributed by atoms with Crippen molar-refractivity contribution in [3.63, 3.8) is 0 Å². The van der Waals surface area contributed by atoms with E-state index in [-0.39, 0.29) is 31.3 Å². The molecule has 0 saturated heterocycles. The Balaban J connectivity index is 2.31. The second-order valence-electron chi connectivity index (χ2n) is 6.92. The van der Waals surface area contributed by atoms with Gasteiger partial charge in [-0.1, -0.05) is 12.0 Å². The van der Waals surface area contributed by atoms with Gasteiger partial charge in [-0.25, -0.2) is 17.5 Å². The monoisotopic (exact) mass is 471 g/mol. The van der Waals surface area contributed by atoms with Crippen molar-refractivity contribution in [2.24, 2.45) is 0 Å². The first-order valence-electron chi connectivity index (χ1n) is 10.3. The van der Waals surface area contributed by atoms with Crippen LogP contribution in [-0.4, -0.2) is 52.5 Å². The molecule has 1 atom stereocenters. The Bertz CT molecular complexity index is 893. The van der Waals surface area contributed by atoms with Crippen molar-refractivity contribution in [1.82, 2.24) is 4.72 Å². The molecule has 0 aliphatic rings. The van der Waals surface area contributed by atoms with Gasteiger partial charge in [0.1, 0.15) is 24.3 Å². The number of hydrogen-bond acceptors (Lipinski definition) is 7. The zero-order chi connectivity index (χ0) is 23.8. The summed E-state index contributed by atoms with van der Waals surface area (Å²) in [5.74, 6) is 4.52. The van der Waals surface area contributed by atoms with Gasteiger partial charge in [0, 0.05) is 25.8 Å². The molecular formula is C22H30FNO7S. The van der Waals surface area contributed by atoms with Crippen molar-refractivity contribution < 1.29 is 36.6 Å². The van der Waals surface area contributed by atoms with Crippen LogP contribution in [0.1, 0.15) is 45.4 Å². The minimum Gasteiger partial charge on any atom is -0.490 e. The average Bonchev–Trinajstić information content (AvgIpc) is 2.73. The van der Waals surface area contributed by atoms with Crippen LogP contribution in [0.4, 0.5) is 4.39 Å². The van der Waals surface area contributed by atoms with Gasteiger partial charge >= 0.3 is 11.9 Å². The lowest BCUT2D eigenvalue weighted by Crippen LogP contribution is -2.27. The Labute approximate surface area is 188 Å². The van der Waals surface area contributed by atoms with Gasteiger partial charge < -0.3 is 14.2 Å². The number of sulfonamides is 1. The zero-order valence-corrected chi connectivity index (χ0v) is 19.2. The summed E-state index contributed by atoms with van der Waals surface area (Å²) in [6, 6.07) is 5.62. The molecule has 0 aliphatic heterocycles. The first-order valence-corrected chi connectivity index (χ1v) is 11.9. The van der Waals surface area contributed by atoms with Crippen LogP contribution >= 0.6 is 0 Å². The van der Waals surface area contributed by atoms with Crippen molar-refractivity contribution in [2.45, 2.75) is 51.6 Å². The van der Waals surface area contributed by atoms with Gasteiger partial charge in [-0.15, -0.1) is 5.92 Å². The van der Waals surface area contributed by atoms with Crippen LogP contribution in [0.25, 0.3) is 0 Å². The molecular weight excluding hydrogens is 441 g/mol. The number of rotatable bonds is 14. The molecule has 0 heterocycles. The maximum Gasteiger partial charge on any atom is 0.305 e. The third-order valence-electron chi connectivity index (χ3n) is 4.17. The predicted octanol–water partition coefficient (Wildman–Crippen LogP) is 2.57. The predicted molar refractivity (Wildman–Crippen MR) is 117 cm³/mol. The number of carbonyl (C=O) groups excluding carboxylic acids is 2. The smallest absolute Gasteiger partial charge is 0.305 e. The molecule has 0 aromatic heterocycles. The lowest BCUT2D eigenvalue weighted by molar-refractivity contribution is -0.148. The van der Waals surface area contributed by atoms with E-state index in [1.54, 1.807) is 6.07 Å². The largest absolute Gasteiger partial charge is 0.490 e. The van der Waals surface area contributed by atoms with Crippen LogP contribution in [-0.2, 0) is 29.1 Å². The third kappa shape index (κ3) is 13.6. The van der Waals surface area contributed by atoms with E-state index >= 15 is 0 Å². The number of nitrogens with one attached hydrogen (secondary N) is 1. The summed E-state index contributed by atoms with van der Waals surface area (Å²) in [5.41, 5.74) is 0. The summed E-state index contributed by atoms with van der Waals surface area (Å²) >= 11 is 0. The zero-order valence-electron chi connectivity index (χ0n) is 18.4. The second kappa shape index (κ2) is 15.2. The van der Waals surface area contributed by atoms with Crippen LogP contribution in [0.5, 0.6) is 5.75 Å². The van der Waals surface area contributed by atoms with Gasteiger partial charge in [0.15, 0.2) is 0 Å². The number of hydrogen-bond donors (Lipinski definition) is 1. The van der Waals surface area contributed by atoms with Crippen LogP contribution in [0.3, 0.4) is 0 Å². The summed E-state index contributed by atoms with van der Waals surface area (Å²) in [5, 5.41) is 0. The molecule has 178 valence electrons. The third-order valence-corrected chi connectivity index (χ3v) is 5.58. The number of halogens is 1. The second-order valence-corrected chi connectivity index (χ2v) is 8.85. The topological polar surface area (TPSA) is 108 Å². The number of methoxy groups -OCH3 is 1. The molecule has 0 spiro atoms. The van der Waals surface area contributed by atoms with E-state index < -0.39 is 27.9 Å². The Hall–Kier alpha value is -2.64. The molecule has 1 unspecified atom stereocenters. The van der Waals surface area contributed by atoms with E-state index in [9.17, 15) is 22.4 Å². The number of ether oxygens (including phenoxy) is 3. The fourth-order valence-corrected chi connectivity index (χ4v) is 3.63. The maximum absolute atomic E-state index is 13.2. The van der Waals surface area contributed by atoms with Gasteiger partial charge in [-0.05, 0) is 37.8 Å². The van der Waals surface area contributed by atoms with E-state index in [1.807, 2.05) is 0 Å². The average molecular weight is 472 g/mol. The Morgan fingerprint density at radius 2 is 1.97 bits per heavy atom. The molecule has 1 rings (SSSR count). The first kappa shape index (κ1) is 27.4. The lowest BCUT2D eigenvalue weighted by Gasteiger charge is -2.17. The van der Waals surface area contributed by atoms with Gasteiger partial charge in [-0.3, -0.25) is 9.59 Å². The molecule has 32 heavy (non-hydrogen) atoms. The fourth-order valence-electron chi connectivity index (χ4n) is 2.61. The highest BCUT2D eigenvalue weighted by Crippen LogP contribution is 2.14. The van der Waals surface area contributed by atoms with Gasteiger partial charge in [-0.2, -0.15) is 0 Å². The minimum atomic E-state index is -3.48. The Morgan fingerprint density at radius 3 is 2.66 bits per heavy atom. The molecule has 0 amide bonds. The molecule has 1 N–H and O–H groups in total. The minimum absolute atomic E-state index is 0.00188. The number of unbranched alkanes of at least 4 members (excludes halogenated alkanes) is 2. The van der Waals surface area contributed by atoms with Gasteiger partial charge in [0.25, 0.3) is 0 Å². The highest BCUT2D eigenvalue weighted by Gasteiger charge is 2.15. The number of esters is 2. The van der Waals surface area contributed by atoms with Crippen molar-refractivity contribution in [3.05, 3.63) is 30.1 Å². The summed E-state index contributed by atoms with van der Waals surface area (Å²) in [6.07, 6.45) is 2.00. The normalized spacial score (nSPS) is 11.7. The SMILES string of the molecule is COC(=O)CCCC#CCNS(=O)(=O)CCCCC(COc1cccc(F)c1)OC(C)=O. The number of carbonyl (C=O) groups is 2. The quantitative estimate of drug-likeness (QED) is 0.252. The van der Waals surface area contributed by atoms with Crippen LogP contribution in [0, 0.1) is 17.7 Å². The van der Waals surface area contributed by atoms with E-state index in [0.717, 1.165) is 0 Å². The molecule has 0 bridgehead atoms. The van der Waals surface area contributed by atoms with E-state index in [4.69, 9.17) is 9.47 Å². The Morgan fingerprint density at radius 1 is 1.19 bits per heavy atom. The highest BCUT2D eigenvalue weighted by atomic mass is 32.2. The molecule has 1 aromatic carbocycles. The number of benzene rings is 1. The summed E-state index contributed by atoms with van der Waals surface area (Å²) in [6.45, 7) is 1.32. The molecule has 0 saturated carbocycles. The van der Waals surface area contributed by atoms with Crippen LogP contribution in [0.2, 0.25) is 0 Å². The van der Waals surface area contributed by atoms with Gasteiger partial charge in [0.05, 0.1) is 19.4 Å². The fraction of sp³-hybridized carbons (Fsp3) is 0.545. The molecule has 0 aliphatic carbocycles. The molecule has 1 aromatic rings. The van der Waals surface area contributed by atoms with Crippen molar-refractivity contribution in [2.75, 3.05) is 26.0 Å².